The first kappa shape index (κ1) is 11.1. The summed E-state index contributed by atoms with van der Waals surface area (Å²) in [6.07, 6.45) is 2.22. The van der Waals surface area contributed by atoms with Crippen LogP contribution in [0.1, 0.15) is 28.4 Å². The van der Waals surface area contributed by atoms with Crippen LogP contribution in [0.15, 0.2) is 0 Å². The third-order valence-corrected chi connectivity index (χ3v) is 3.79. The summed E-state index contributed by atoms with van der Waals surface area (Å²) in [4.78, 5) is 12.2. The smallest absolute Gasteiger partial charge is 0.407 e. The number of amides is 1. The summed E-state index contributed by atoms with van der Waals surface area (Å²) in [5.74, 6) is 0.227. The van der Waals surface area contributed by atoms with Crippen molar-refractivity contribution in [2.75, 3.05) is 39.3 Å². The van der Waals surface area contributed by atoms with Crippen molar-refractivity contribution in [1.29, 1.82) is 0 Å². The van der Waals surface area contributed by atoms with Crippen LogP contribution in [-0.4, -0.2) is 55.4 Å². The van der Waals surface area contributed by atoms with Crippen molar-refractivity contribution in [2.45, 2.75) is 25.7 Å². The highest BCUT2D eigenvalue weighted by molar-refractivity contribution is 5.64. The molecule has 0 aromatic carbocycles. The molecule has 0 aliphatic carbocycles. The highest BCUT2D eigenvalue weighted by Gasteiger charge is 2.22. The number of ether oxygens (including phenoxy) is 1. The van der Waals surface area contributed by atoms with Gasteiger partial charge in [-0.05, 0) is 50.6 Å². The number of piperidine rings is 2. The van der Waals surface area contributed by atoms with Gasteiger partial charge in [-0.1, -0.05) is 0 Å². The third kappa shape index (κ3) is 4.14. The molecular weight excluding hydrogens is 232 g/mol. The van der Waals surface area contributed by atoms with E-state index in [0.29, 0.717) is 38.5 Å². The van der Waals surface area contributed by atoms with Crippen molar-refractivity contribution >= 4 is 6.09 Å². The molecule has 0 spiro atoms. The lowest BCUT2D eigenvalue weighted by Gasteiger charge is -2.30. The molecule has 5 nitrogen and oxygen atoms in total. The van der Waals surface area contributed by atoms with Crippen molar-refractivity contribution in [3.8, 4) is 0 Å². The highest BCUT2D eigenvalue weighted by atomic mass is 16.5. The summed E-state index contributed by atoms with van der Waals surface area (Å²) in [5, 5.41) is 12.2. The van der Waals surface area contributed by atoms with E-state index in [1.807, 2.05) is 0 Å². The van der Waals surface area contributed by atoms with E-state index in [0.717, 1.165) is 25.9 Å². The zero-order chi connectivity index (χ0) is 14.6. The highest BCUT2D eigenvalue weighted by Crippen LogP contribution is 2.19. The molecule has 2 heterocycles. The second-order valence-electron chi connectivity index (χ2n) is 5.17. The van der Waals surface area contributed by atoms with Gasteiger partial charge in [0, 0.05) is 26.3 Å². The first-order valence-electron chi connectivity index (χ1n) is 7.81. The standard InChI is InChI=1S/C13H24N2O3/c16-13(17)15-7-3-12(4-8-15)10-18-9-11-1-5-14-6-2-11/h11-12,14H,1-10H2,(H,16,17)/i10D2. The van der Waals surface area contributed by atoms with E-state index in [-0.39, 0.29) is 5.92 Å². The molecule has 2 N–H and O–H groups in total. The number of carboxylic acid groups (broad SMARTS) is 1. The molecule has 104 valence electrons. The van der Waals surface area contributed by atoms with Crippen LogP contribution in [0.25, 0.3) is 0 Å². The normalized spacial score (nSPS) is 25.7. The van der Waals surface area contributed by atoms with Crippen LogP contribution in [0.5, 0.6) is 0 Å². The molecule has 18 heavy (non-hydrogen) atoms. The maximum Gasteiger partial charge on any atom is 0.407 e. The van der Waals surface area contributed by atoms with Gasteiger partial charge >= 0.3 is 6.09 Å². The Balaban J connectivity index is 1.76. The van der Waals surface area contributed by atoms with Crippen LogP contribution in [0.3, 0.4) is 0 Å². The molecule has 0 saturated carbocycles. The molecule has 2 fully saturated rings. The molecule has 0 radical (unpaired) electrons. The van der Waals surface area contributed by atoms with Crippen LogP contribution < -0.4 is 5.32 Å². The summed E-state index contributed by atoms with van der Waals surface area (Å²) in [7, 11) is 0. The number of hydrogen-bond donors (Lipinski definition) is 2. The zero-order valence-corrected chi connectivity index (χ0v) is 10.7. The number of nitrogens with zero attached hydrogens (tertiary/aromatic N) is 1. The maximum absolute atomic E-state index is 10.8. The molecule has 1 amide bonds. The van der Waals surface area contributed by atoms with Gasteiger partial charge < -0.3 is 20.1 Å². The molecule has 2 rings (SSSR count). The van der Waals surface area contributed by atoms with Gasteiger partial charge in [-0.3, -0.25) is 0 Å². The Kier molecular flexibility index (Phi) is 4.27. The first-order valence-corrected chi connectivity index (χ1v) is 6.81. The van der Waals surface area contributed by atoms with Crippen LogP contribution in [0, 0.1) is 11.8 Å². The van der Waals surface area contributed by atoms with E-state index < -0.39 is 12.7 Å². The Morgan fingerprint density at radius 2 is 1.94 bits per heavy atom. The average molecular weight is 258 g/mol. The van der Waals surface area contributed by atoms with Crippen LogP contribution >= 0.6 is 0 Å². The molecule has 0 atom stereocenters. The monoisotopic (exact) mass is 258 g/mol. The second kappa shape index (κ2) is 6.95. The minimum absolute atomic E-state index is 0.209. The number of hydrogen-bond acceptors (Lipinski definition) is 3. The Morgan fingerprint density at radius 3 is 2.56 bits per heavy atom. The molecule has 0 aromatic rings. The largest absolute Gasteiger partial charge is 0.465 e. The van der Waals surface area contributed by atoms with E-state index >= 15 is 0 Å². The molecule has 2 aliphatic heterocycles. The minimum atomic E-state index is -1.64. The van der Waals surface area contributed by atoms with Gasteiger partial charge in [-0.15, -0.1) is 0 Å². The lowest BCUT2D eigenvalue weighted by Crippen LogP contribution is -2.38. The molecule has 5 heteroatoms. The lowest BCUT2D eigenvalue weighted by atomic mass is 9.97. The van der Waals surface area contributed by atoms with Gasteiger partial charge in [0.05, 0.1) is 2.74 Å². The van der Waals surface area contributed by atoms with Gasteiger partial charge in [-0.2, -0.15) is 0 Å². The maximum atomic E-state index is 10.8. The van der Waals surface area contributed by atoms with E-state index in [2.05, 4.69) is 5.32 Å². The Hall–Kier alpha value is -0.810. The fourth-order valence-electron chi connectivity index (χ4n) is 2.52. The summed E-state index contributed by atoms with van der Waals surface area (Å²) in [6, 6.07) is 0. The quantitative estimate of drug-likeness (QED) is 0.800. The predicted molar refractivity (Wildman–Crippen MR) is 68.7 cm³/mol. The SMILES string of the molecule is [2H]C([2H])(OCC1CCNCC1)C1CCN(C(=O)O)CC1. The molecular formula is C13H24N2O3. The van der Waals surface area contributed by atoms with Crippen LogP contribution in [-0.2, 0) is 4.74 Å². The van der Waals surface area contributed by atoms with Crippen molar-refractivity contribution in [2.24, 2.45) is 11.8 Å². The van der Waals surface area contributed by atoms with Gasteiger partial charge in [0.1, 0.15) is 0 Å². The number of carbonyl (C=O) groups is 1. The van der Waals surface area contributed by atoms with E-state index in [1.165, 1.54) is 4.90 Å². The summed E-state index contributed by atoms with van der Waals surface area (Å²) < 4.78 is 21.7. The molecule has 0 bridgehead atoms. The molecule has 0 aromatic heterocycles. The lowest BCUT2D eigenvalue weighted by molar-refractivity contribution is 0.0415. The zero-order valence-electron chi connectivity index (χ0n) is 12.7. The van der Waals surface area contributed by atoms with Crippen molar-refractivity contribution in [3.05, 3.63) is 0 Å². The van der Waals surface area contributed by atoms with Gasteiger partial charge in [-0.25, -0.2) is 4.79 Å². The van der Waals surface area contributed by atoms with E-state index in [4.69, 9.17) is 12.6 Å². The van der Waals surface area contributed by atoms with Crippen molar-refractivity contribution in [3.63, 3.8) is 0 Å². The molecule has 2 aliphatic rings. The van der Waals surface area contributed by atoms with Crippen LogP contribution in [0.2, 0.25) is 0 Å². The Labute approximate surface area is 111 Å². The fraction of sp³-hybridized carbons (Fsp3) is 0.923. The third-order valence-electron chi connectivity index (χ3n) is 3.79. The number of nitrogens with one attached hydrogen (secondary N) is 1. The van der Waals surface area contributed by atoms with Crippen molar-refractivity contribution < 1.29 is 17.4 Å². The molecule has 2 saturated heterocycles. The van der Waals surface area contributed by atoms with Crippen molar-refractivity contribution in [1.82, 2.24) is 10.2 Å². The first-order chi connectivity index (χ1) is 9.49. The Bertz CT molecular complexity index is 328. The summed E-state index contributed by atoms with van der Waals surface area (Å²) in [5.41, 5.74) is 0. The predicted octanol–water partition coefficient (Wildman–Crippen LogP) is 1.39. The average Bonchev–Trinajstić information content (AvgIpc) is 2.46. The summed E-state index contributed by atoms with van der Waals surface area (Å²) in [6.45, 7) is 1.58. The summed E-state index contributed by atoms with van der Waals surface area (Å²) >= 11 is 0. The van der Waals surface area contributed by atoms with E-state index in [1.54, 1.807) is 0 Å². The van der Waals surface area contributed by atoms with Gasteiger partial charge in [0.2, 0.25) is 0 Å². The molecule has 0 unspecified atom stereocenters. The van der Waals surface area contributed by atoms with Gasteiger partial charge in [0.15, 0.2) is 0 Å². The van der Waals surface area contributed by atoms with Gasteiger partial charge in [0.25, 0.3) is 0 Å². The van der Waals surface area contributed by atoms with E-state index in [9.17, 15) is 4.79 Å². The topological polar surface area (TPSA) is 61.8 Å². The minimum Gasteiger partial charge on any atom is -0.465 e. The Morgan fingerprint density at radius 1 is 1.28 bits per heavy atom. The second-order valence-corrected chi connectivity index (χ2v) is 5.17. The van der Waals surface area contributed by atoms with Crippen LogP contribution in [0.4, 0.5) is 4.79 Å². The fourth-order valence-corrected chi connectivity index (χ4v) is 2.52. The number of rotatable bonds is 4. The number of likely N-dealkylation sites (tertiary alicyclic amines) is 1.